The molecule has 0 aromatic carbocycles. The molecule has 0 aromatic rings. The molecule has 18 heavy (non-hydrogen) atoms. The predicted octanol–water partition coefficient (Wildman–Crippen LogP) is 4.30. The van der Waals surface area contributed by atoms with Crippen LogP contribution in [0.15, 0.2) is 36.7 Å². The van der Waals surface area contributed by atoms with Crippen LogP contribution in [0.25, 0.3) is 0 Å². The second-order valence-electron chi connectivity index (χ2n) is 5.92. The van der Waals surface area contributed by atoms with E-state index in [0.717, 1.165) is 38.5 Å². The van der Waals surface area contributed by atoms with Crippen molar-refractivity contribution in [3.05, 3.63) is 36.7 Å². The van der Waals surface area contributed by atoms with Crippen LogP contribution < -0.4 is 0 Å². The third-order valence-corrected chi connectivity index (χ3v) is 4.33. The molecule has 1 N–H and O–H groups in total. The SMILES string of the molecule is C=C/C=C(\C(=C)F)C1CCCC(CC2(O)CC2)C1. The summed E-state index contributed by atoms with van der Waals surface area (Å²) >= 11 is 0. The number of hydrogen-bond acceptors (Lipinski definition) is 1. The largest absolute Gasteiger partial charge is 0.390 e. The Morgan fingerprint density at radius 1 is 1.39 bits per heavy atom. The average Bonchev–Trinajstić information content (AvgIpc) is 3.03. The third-order valence-electron chi connectivity index (χ3n) is 4.33. The second kappa shape index (κ2) is 5.40. The molecule has 0 bridgehead atoms. The standard InChI is InChI=1S/C16H23FO/c1-3-5-15(12(2)17)14-7-4-6-13(10-14)11-16(18)8-9-16/h3,5,13-14,18H,1-2,4,6-11H2/b15-5+. The van der Waals surface area contributed by atoms with Gasteiger partial charge in [-0.25, -0.2) is 4.39 Å². The molecule has 2 fully saturated rings. The van der Waals surface area contributed by atoms with Crippen molar-refractivity contribution in [2.45, 2.75) is 50.5 Å². The van der Waals surface area contributed by atoms with E-state index in [4.69, 9.17) is 0 Å². The minimum Gasteiger partial charge on any atom is -0.390 e. The molecule has 2 unspecified atom stereocenters. The Hall–Kier alpha value is -0.890. The van der Waals surface area contributed by atoms with Crippen LogP contribution in [0.3, 0.4) is 0 Å². The number of halogens is 1. The average molecular weight is 250 g/mol. The maximum absolute atomic E-state index is 13.5. The fraction of sp³-hybridized carbons (Fsp3) is 0.625. The lowest BCUT2D eigenvalue weighted by atomic mass is 9.75. The van der Waals surface area contributed by atoms with Crippen LogP contribution in [0.2, 0.25) is 0 Å². The first-order valence-corrected chi connectivity index (χ1v) is 6.94. The van der Waals surface area contributed by atoms with Gasteiger partial charge in [0.15, 0.2) is 0 Å². The summed E-state index contributed by atoms with van der Waals surface area (Å²) in [6.45, 7) is 7.07. The maximum atomic E-state index is 13.5. The highest BCUT2D eigenvalue weighted by Gasteiger charge is 2.42. The van der Waals surface area contributed by atoms with E-state index in [-0.39, 0.29) is 17.3 Å². The lowest BCUT2D eigenvalue weighted by Gasteiger charge is -2.31. The zero-order valence-corrected chi connectivity index (χ0v) is 11.0. The molecule has 0 heterocycles. The van der Waals surface area contributed by atoms with Crippen LogP contribution in [0, 0.1) is 11.8 Å². The van der Waals surface area contributed by atoms with Gasteiger partial charge < -0.3 is 5.11 Å². The molecule has 2 heteroatoms. The molecule has 2 aliphatic rings. The molecule has 0 spiro atoms. The Morgan fingerprint density at radius 3 is 2.67 bits per heavy atom. The summed E-state index contributed by atoms with van der Waals surface area (Å²) in [5.41, 5.74) is 0.319. The Kier molecular flexibility index (Phi) is 4.06. The lowest BCUT2D eigenvalue weighted by Crippen LogP contribution is -2.22. The van der Waals surface area contributed by atoms with Crippen LogP contribution in [-0.2, 0) is 0 Å². The van der Waals surface area contributed by atoms with Gasteiger partial charge >= 0.3 is 0 Å². The van der Waals surface area contributed by atoms with Gasteiger partial charge in [0.25, 0.3) is 0 Å². The number of rotatable bonds is 5. The monoisotopic (exact) mass is 250 g/mol. The summed E-state index contributed by atoms with van der Waals surface area (Å²) in [4.78, 5) is 0. The summed E-state index contributed by atoms with van der Waals surface area (Å²) in [5, 5.41) is 10.00. The van der Waals surface area contributed by atoms with E-state index in [1.807, 2.05) is 0 Å². The molecular weight excluding hydrogens is 227 g/mol. The fourth-order valence-electron chi connectivity index (χ4n) is 3.22. The first kappa shape index (κ1) is 13.5. The van der Waals surface area contributed by atoms with Crippen molar-refractivity contribution in [1.29, 1.82) is 0 Å². The topological polar surface area (TPSA) is 20.2 Å². The molecule has 0 aromatic heterocycles. The predicted molar refractivity (Wildman–Crippen MR) is 72.8 cm³/mol. The molecule has 100 valence electrons. The van der Waals surface area contributed by atoms with Crippen LogP contribution in [0.5, 0.6) is 0 Å². The Morgan fingerprint density at radius 2 is 2.11 bits per heavy atom. The van der Waals surface area contributed by atoms with E-state index in [2.05, 4.69) is 13.2 Å². The van der Waals surface area contributed by atoms with Gasteiger partial charge in [0.1, 0.15) is 5.83 Å². The van der Waals surface area contributed by atoms with Gasteiger partial charge in [0.2, 0.25) is 0 Å². The van der Waals surface area contributed by atoms with E-state index in [9.17, 15) is 9.50 Å². The van der Waals surface area contributed by atoms with Crippen molar-refractivity contribution in [2.24, 2.45) is 11.8 Å². The number of aliphatic hydroxyl groups is 1. The summed E-state index contributed by atoms with van der Waals surface area (Å²) in [6, 6.07) is 0. The van der Waals surface area contributed by atoms with Gasteiger partial charge in [0, 0.05) is 0 Å². The smallest absolute Gasteiger partial charge is 0.119 e. The first-order valence-electron chi connectivity index (χ1n) is 6.94. The zero-order valence-electron chi connectivity index (χ0n) is 11.0. The summed E-state index contributed by atoms with van der Waals surface area (Å²) in [5.74, 6) is 0.455. The first-order chi connectivity index (χ1) is 8.54. The zero-order chi connectivity index (χ0) is 13.2. The van der Waals surface area contributed by atoms with Crippen molar-refractivity contribution in [3.63, 3.8) is 0 Å². The fourth-order valence-corrected chi connectivity index (χ4v) is 3.22. The third kappa shape index (κ3) is 3.32. The van der Waals surface area contributed by atoms with Gasteiger partial charge in [-0.05, 0) is 49.5 Å². The van der Waals surface area contributed by atoms with E-state index in [1.165, 1.54) is 6.42 Å². The Labute approximate surface area is 109 Å². The van der Waals surface area contributed by atoms with Crippen molar-refractivity contribution >= 4 is 0 Å². The Bertz CT molecular complexity index is 365. The molecule has 0 aliphatic heterocycles. The van der Waals surface area contributed by atoms with E-state index in [1.54, 1.807) is 12.2 Å². The van der Waals surface area contributed by atoms with Crippen LogP contribution >= 0.6 is 0 Å². The van der Waals surface area contributed by atoms with Gasteiger partial charge in [0.05, 0.1) is 5.60 Å². The highest BCUT2D eigenvalue weighted by Crippen LogP contribution is 2.46. The minimum absolute atomic E-state index is 0.251. The molecule has 1 nitrogen and oxygen atoms in total. The van der Waals surface area contributed by atoms with Gasteiger partial charge in [-0.2, -0.15) is 0 Å². The lowest BCUT2D eigenvalue weighted by molar-refractivity contribution is 0.101. The van der Waals surface area contributed by atoms with Crippen molar-refractivity contribution in [1.82, 2.24) is 0 Å². The maximum Gasteiger partial charge on any atom is 0.119 e. The van der Waals surface area contributed by atoms with Crippen molar-refractivity contribution in [2.75, 3.05) is 0 Å². The van der Waals surface area contributed by atoms with E-state index in [0.29, 0.717) is 11.5 Å². The molecule has 2 rings (SSSR count). The minimum atomic E-state index is -0.387. The summed E-state index contributed by atoms with van der Waals surface area (Å²) in [7, 11) is 0. The molecule has 0 saturated heterocycles. The molecule has 0 radical (unpaired) electrons. The summed E-state index contributed by atoms with van der Waals surface area (Å²) < 4.78 is 13.5. The summed E-state index contributed by atoms with van der Waals surface area (Å²) in [6.07, 6.45) is 10.5. The van der Waals surface area contributed by atoms with Crippen molar-refractivity contribution in [3.8, 4) is 0 Å². The van der Waals surface area contributed by atoms with Gasteiger partial charge in [-0.15, -0.1) is 0 Å². The van der Waals surface area contributed by atoms with Crippen molar-refractivity contribution < 1.29 is 9.50 Å². The van der Waals surface area contributed by atoms with Gasteiger partial charge in [-0.3, -0.25) is 0 Å². The Balaban J connectivity index is 1.98. The number of allylic oxidation sites excluding steroid dienone is 4. The normalized spacial score (nSPS) is 30.9. The van der Waals surface area contributed by atoms with Gasteiger partial charge in [-0.1, -0.05) is 38.2 Å². The van der Waals surface area contributed by atoms with Crippen LogP contribution in [-0.4, -0.2) is 10.7 Å². The van der Waals surface area contributed by atoms with E-state index < -0.39 is 0 Å². The molecule has 2 atom stereocenters. The quantitative estimate of drug-likeness (QED) is 0.721. The molecular formula is C16H23FO. The van der Waals surface area contributed by atoms with Crippen LogP contribution in [0.1, 0.15) is 44.9 Å². The molecule has 0 amide bonds. The second-order valence-corrected chi connectivity index (χ2v) is 5.92. The molecule has 2 aliphatic carbocycles. The highest BCUT2D eigenvalue weighted by atomic mass is 19.1. The van der Waals surface area contributed by atoms with Crippen LogP contribution in [0.4, 0.5) is 4.39 Å². The molecule has 2 saturated carbocycles. The highest BCUT2D eigenvalue weighted by molar-refractivity contribution is 5.29. The van der Waals surface area contributed by atoms with E-state index >= 15 is 0 Å². The number of hydrogen-bond donors (Lipinski definition) is 1.